The zero-order valence-corrected chi connectivity index (χ0v) is 15.5. The van der Waals surface area contributed by atoms with Crippen LogP contribution < -0.4 is 10.1 Å². The Morgan fingerprint density at radius 3 is 2.60 bits per heavy atom. The fourth-order valence-corrected chi connectivity index (χ4v) is 3.77. The first-order valence-corrected chi connectivity index (χ1v) is 9.37. The Hall–Kier alpha value is -1.99. The molecule has 1 aliphatic rings. The molecule has 25 heavy (non-hydrogen) atoms. The normalized spacial score (nSPS) is 15.9. The average molecular weight is 360 g/mol. The van der Waals surface area contributed by atoms with Gasteiger partial charge in [0.25, 0.3) is 0 Å². The van der Waals surface area contributed by atoms with E-state index in [1.165, 1.54) is 0 Å². The third kappa shape index (κ3) is 4.99. The zero-order chi connectivity index (χ0) is 17.6. The summed E-state index contributed by atoms with van der Waals surface area (Å²) in [6.45, 7) is 5.23. The van der Waals surface area contributed by atoms with Crippen LogP contribution in [0.4, 0.5) is 0 Å². The first kappa shape index (κ1) is 17.8. The van der Waals surface area contributed by atoms with Crippen LogP contribution in [0.25, 0.3) is 0 Å². The number of nitrogens with one attached hydrogen (secondary N) is 1. The first-order valence-electron chi connectivity index (χ1n) is 8.56. The largest absolute Gasteiger partial charge is 0.497 e. The van der Waals surface area contributed by atoms with Crippen molar-refractivity contribution in [1.29, 1.82) is 0 Å². The molecule has 0 aliphatic carbocycles. The van der Waals surface area contributed by atoms with E-state index in [1.54, 1.807) is 18.4 Å². The summed E-state index contributed by atoms with van der Waals surface area (Å²) in [7, 11) is 1.65. The summed E-state index contributed by atoms with van der Waals surface area (Å²) < 4.78 is 5.14. The number of nitrogens with zero attached hydrogens (tertiary/aromatic N) is 3. The van der Waals surface area contributed by atoms with E-state index in [-0.39, 0.29) is 11.8 Å². The van der Waals surface area contributed by atoms with Gasteiger partial charge in [0.1, 0.15) is 15.8 Å². The number of aryl methyl sites for hydroxylation is 1. The summed E-state index contributed by atoms with van der Waals surface area (Å²) >= 11 is 1.64. The van der Waals surface area contributed by atoms with Gasteiger partial charge in [0.2, 0.25) is 5.91 Å². The minimum Gasteiger partial charge on any atom is -0.497 e. The Bertz CT molecular complexity index is 693. The lowest BCUT2D eigenvalue weighted by atomic mass is 9.96. The highest BCUT2D eigenvalue weighted by atomic mass is 32.1. The summed E-state index contributed by atoms with van der Waals surface area (Å²) in [5.74, 6) is 1.08. The van der Waals surface area contributed by atoms with Crippen LogP contribution in [0.2, 0.25) is 0 Å². The van der Waals surface area contributed by atoms with Gasteiger partial charge in [0, 0.05) is 12.5 Å². The second-order valence-electron chi connectivity index (χ2n) is 6.33. The van der Waals surface area contributed by atoms with Crippen molar-refractivity contribution in [3.8, 4) is 5.75 Å². The number of methoxy groups -OCH3 is 1. The third-order valence-corrected chi connectivity index (χ3v) is 5.33. The number of rotatable bonds is 6. The highest BCUT2D eigenvalue weighted by molar-refractivity contribution is 7.11. The van der Waals surface area contributed by atoms with Crippen molar-refractivity contribution in [2.45, 2.75) is 32.9 Å². The number of amides is 1. The molecule has 1 aliphatic heterocycles. The van der Waals surface area contributed by atoms with Crippen LogP contribution in [0.15, 0.2) is 24.3 Å². The summed E-state index contributed by atoms with van der Waals surface area (Å²) in [6.07, 6.45) is 1.79. The molecule has 0 saturated carbocycles. The number of hydrogen-bond acceptors (Lipinski definition) is 6. The average Bonchev–Trinajstić information content (AvgIpc) is 3.05. The van der Waals surface area contributed by atoms with E-state index in [1.807, 2.05) is 31.2 Å². The third-order valence-electron chi connectivity index (χ3n) is 4.51. The Morgan fingerprint density at radius 2 is 2.00 bits per heavy atom. The lowest BCUT2D eigenvalue weighted by Crippen LogP contribution is -2.40. The van der Waals surface area contributed by atoms with Crippen LogP contribution >= 0.6 is 11.3 Å². The fraction of sp³-hybridized carbons (Fsp3) is 0.500. The Labute approximate surface area is 152 Å². The molecular formula is C18H24N4O2S. The van der Waals surface area contributed by atoms with E-state index in [0.717, 1.165) is 53.8 Å². The van der Waals surface area contributed by atoms with Crippen molar-refractivity contribution >= 4 is 17.2 Å². The summed E-state index contributed by atoms with van der Waals surface area (Å²) in [4.78, 5) is 14.7. The molecule has 1 N–H and O–H groups in total. The Morgan fingerprint density at radius 1 is 1.28 bits per heavy atom. The highest BCUT2D eigenvalue weighted by Crippen LogP contribution is 2.20. The molecule has 1 aromatic heterocycles. The molecule has 0 spiro atoms. The molecule has 1 amide bonds. The van der Waals surface area contributed by atoms with Gasteiger partial charge < -0.3 is 10.1 Å². The molecule has 7 heteroatoms. The van der Waals surface area contributed by atoms with Crippen molar-refractivity contribution in [3.05, 3.63) is 39.8 Å². The molecule has 0 radical (unpaired) electrons. The van der Waals surface area contributed by atoms with E-state index in [9.17, 15) is 4.79 Å². The molecule has 6 nitrogen and oxygen atoms in total. The smallest absolute Gasteiger partial charge is 0.223 e. The van der Waals surface area contributed by atoms with E-state index in [4.69, 9.17) is 4.74 Å². The van der Waals surface area contributed by atoms with Gasteiger partial charge in [-0.2, -0.15) is 0 Å². The molecule has 3 rings (SSSR count). The van der Waals surface area contributed by atoms with E-state index >= 15 is 0 Å². The van der Waals surface area contributed by atoms with E-state index in [0.29, 0.717) is 6.54 Å². The monoisotopic (exact) mass is 360 g/mol. The molecular weight excluding hydrogens is 336 g/mol. The molecule has 2 aromatic rings. The van der Waals surface area contributed by atoms with Gasteiger partial charge in [-0.15, -0.1) is 21.5 Å². The van der Waals surface area contributed by atoms with Crippen LogP contribution in [0, 0.1) is 12.8 Å². The molecule has 2 heterocycles. The second-order valence-corrected chi connectivity index (χ2v) is 7.60. The van der Waals surface area contributed by atoms with Crippen molar-refractivity contribution in [1.82, 2.24) is 20.4 Å². The molecule has 1 fully saturated rings. The van der Waals surface area contributed by atoms with Gasteiger partial charge in [-0.1, -0.05) is 12.1 Å². The van der Waals surface area contributed by atoms with E-state index in [2.05, 4.69) is 20.4 Å². The standard InChI is InChI=1S/C18H24N4O2S/c1-13-20-21-17(25-13)12-22-9-7-15(8-10-22)18(23)19-11-14-3-5-16(24-2)6-4-14/h3-6,15H,7-12H2,1-2H3,(H,19,23). The van der Waals surface area contributed by atoms with Crippen molar-refractivity contribution in [2.24, 2.45) is 5.92 Å². The maximum absolute atomic E-state index is 12.4. The van der Waals surface area contributed by atoms with Gasteiger partial charge in [-0.3, -0.25) is 9.69 Å². The van der Waals surface area contributed by atoms with Gasteiger partial charge in [0.15, 0.2) is 0 Å². The fourth-order valence-electron chi connectivity index (χ4n) is 3.02. The van der Waals surface area contributed by atoms with E-state index < -0.39 is 0 Å². The van der Waals surface area contributed by atoms with Crippen LogP contribution in [-0.2, 0) is 17.9 Å². The lowest BCUT2D eigenvalue weighted by molar-refractivity contribution is -0.126. The summed E-state index contributed by atoms with van der Waals surface area (Å²) in [5, 5.41) is 13.4. The van der Waals surface area contributed by atoms with Crippen molar-refractivity contribution in [3.63, 3.8) is 0 Å². The number of hydrogen-bond donors (Lipinski definition) is 1. The Balaban J connectivity index is 1.41. The number of benzene rings is 1. The summed E-state index contributed by atoms with van der Waals surface area (Å²) in [6, 6.07) is 7.78. The molecule has 0 atom stereocenters. The highest BCUT2D eigenvalue weighted by Gasteiger charge is 2.25. The van der Waals surface area contributed by atoms with Crippen molar-refractivity contribution in [2.75, 3.05) is 20.2 Å². The quantitative estimate of drug-likeness (QED) is 0.857. The molecule has 0 unspecified atom stereocenters. The maximum Gasteiger partial charge on any atom is 0.223 e. The van der Waals surface area contributed by atoms with Gasteiger partial charge >= 0.3 is 0 Å². The predicted octanol–water partition coefficient (Wildman–Crippen LogP) is 2.38. The Kier molecular flexibility index (Phi) is 5.99. The lowest BCUT2D eigenvalue weighted by Gasteiger charge is -2.30. The van der Waals surface area contributed by atoms with Gasteiger partial charge in [-0.05, 0) is 50.6 Å². The molecule has 1 saturated heterocycles. The number of piperidine rings is 1. The number of aromatic nitrogens is 2. The van der Waals surface area contributed by atoms with Gasteiger partial charge in [-0.25, -0.2) is 0 Å². The molecule has 1 aromatic carbocycles. The van der Waals surface area contributed by atoms with Crippen molar-refractivity contribution < 1.29 is 9.53 Å². The number of carbonyl (C=O) groups is 1. The van der Waals surface area contributed by atoms with Crippen LogP contribution in [0.1, 0.15) is 28.4 Å². The van der Waals surface area contributed by atoms with Crippen LogP contribution in [0.3, 0.4) is 0 Å². The van der Waals surface area contributed by atoms with Crippen LogP contribution in [-0.4, -0.2) is 41.2 Å². The number of ether oxygens (including phenoxy) is 1. The maximum atomic E-state index is 12.4. The van der Waals surface area contributed by atoms with Gasteiger partial charge in [0.05, 0.1) is 13.7 Å². The predicted molar refractivity (Wildman–Crippen MR) is 97.5 cm³/mol. The first-order chi connectivity index (χ1) is 12.1. The number of likely N-dealkylation sites (tertiary alicyclic amines) is 1. The SMILES string of the molecule is COc1ccc(CNC(=O)C2CCN(Cc3nnc(C)s3)CC2)cc1. The summed E-state index contributed by atoms with van der Waals surface area (Å²) in [5.41, 5.74) is 1.08. The zero-order valence-electron chi connectivity index (χ0n) is 14.7. The molecule has 134 valence electrons. The topological polar surface area (TPSA) is 67.3 Å². The van der Waals surface area contributed by atoms with Crippen LogP contribution in [0.5, 0.6) is 5.75 Å². The molecule has 0 bridgehead atoms. The minimum atomic E-state index is 0.102. The minimum absolute atomic E-state index is 0.102. The number of carbonyl (C=O) groups excluding carboxylic acids is 1. The second kappa shape index (κ2) is 8.40.